The maximum atomic E-state index is 11.0. The maximum Gasteiger partial charge on any atom is 0.122 e. The predicted octanol–water partition coefficient (Wildman–Crippen LogP) is 5.51. The van der Waals surface area contributed by atoms with E-state index in [0.29, 0.717) is 29.7 Å². The summed E-state index contributed by atoms with van der Waals surface area (Å²) in [5.74, 6) is 2.82. The Morgan fingerprint density at radius 2 is 1.63 bits per heavy atom. The third kappa shape index (κ3) is 2.93. The van der Waals surface area contributed by atoms with E-state index in [4.69, 9.17) is 4.74 Å². The molecule has 1 aliphatic heterocycles. The Balaban J connectivity index is 1.56. The van der Waals surface area contributed by atoms with Crippen LogP contribution < -0.4 is 4.74 Å². The number of fused-ring (bicyclic) bond motifs is 5. The van der Waals surface area contributed by atoms with Crippen LogP contribution in [0, 0.1) is 11.8 Å². The molecular formula is C27H35NO2. The van der Waals surface area contributed by atoms with Crippen LogP contribution in [0.4, 0.5) is 0 Å². The minimum Gasteiger partial charge on any atom is -0.496 e. The zero-order valence-corrected chi connectivity index (χ0v) is 18.7. The van der Waals surface area contributed by atoms with E-state index in [1.165, 1.54) is 23.1 Å². The summed E-state index contributed by atoms with van der Waals surface area (Å²) in [6, 6.07) is 17.9. The van der Waals surface area contributed by atoms with Crippen LogP contribution >= 0.6 is 0 Å². The van der Waals surface area contributed by atoms with E-state index < -0.39 is 0 Å². The molecule has 0 radical (unpaired) electrons. The molecule has 1 heterocycles. The molecule has 1 saturated heterocycles. The molecule has 2 bridgehead atoms. The van der Waals surface area contributed by atoms with Crippen LogP contribution in [-0.4, -0.2) is 35.3 Å². The van der Waals surface area contributed by atoms with Gasteiger partial charge >= 0.3 is 0 Å². The first-order valence-corrected chi connectivity index (χ1v) is 11.6. The Bertz CT molecular complexity index is 923. The highest BCUT2D eigenvalue weighted by Gasteiger charge is 2.57. The highest BCUT2D eigenvalue weighted by Crippen LogP contribution is 2.62. The SMILES string of the molecule is COc1ccccc1[C@@H]1[C@H]2c3ccccc3[C@@H]1CN2C(C)(C)[C@@H]1CC[C@@H](C)C[C@H]1O. The lowest BCUT2D eigenvalue weighted by molar-refractivity contribution is -0.0521. The van der Waals surface area contributed by atoms with Gasteiger partial charge in [0, 0.05) is 35.9 Å². The van der Waals surface area contributed by atoms with Gasteiger partial charge in [-0.1, -0.05) is 55.8 Å². The summed E-state index contributed by atoms with van der Waals surface area (Å²) in [5.41, 5.74) is 4.24. The predicted molar refractivity (Wildman–Crippen MR) is 121 cm³/mol. The van der Waals surface area contributed by atoms with Crippen LogP contribution in [0.25, 0.3) is 0 Å². The molecule has 1 N–H and O–H groups in total. The van der Waals surface area contributed by atoms with Gasteiger partial charge in [-0.25, -0.2) is 0 Å². The molecule has 3 aliphatic rings. The summed E-state index contributed by atoms with van der Waals surface area (Å²) in [7, 11) is 1.78. The zero-order valence-electron chi connectivity index (χ0n) is 18.7. The van der Waals surface area contributed by atoms with Crippen molar-refractivity contribution in [3.8, 4) is 5.75 Å². The molecule has 2 aromatic carbocycles. The lowest BCUT2D eigenvalue weighted by Crippen LogP contribution is -2.55. The van der Waals surface area contributed by atoms with Crippen molar-refractivity contribution >= 4 is 0 Å². The molecule has 0 aromatic heterocycles. The molecular weight excluding hydrogens is 370 g/mol. The van der Waals surface area contributed by atoms with Gasteiger partial charge in [0.15, 0.2) is 0 Å². The van der Waals surface area contributed by atoms with Gasteiger partial charge in [0.2, 0.25) is 0 Å². The van der Waals surface area contributed by atoms with Crippen molar-refractivity contribution in [1.82, 2.24) is 4.90 Å². The molecule has 2 aromatic rings. The third-order valence-electron chi connectivity index (χ3n) is 8.44. The number of ether oxygens (including phenoxy) is 1. The number of para-hydroxylation sites is 1. The Morgan fingerprint density at radius 1 is 0.967 bits per heavy atom. The van der Waals surface area contributed by atoms with Crippen LogP contribution in [0.3, 0.4) is 0 Å². The van der Waals surface area contributed by atoms with Crippen molar-refractivity contribution < 1.29 is 9.84 Å². The van der Waals surface area contributed by atoms with Gasteiger partial charge < -0.3 is 9.84 Å². The largest absolute Gasteiger partial charge is 0.496 e. The lowest BCUT2D eigenvalue weighted by atomic mass is 9.70. The highest BCUT2D eigenvalue weighted by molar-refractivity contribution is 5.51. The van der Waals surface area contributed by atoms with Gasteiger partial charge in [-0.3, -0.25) is 4.90 Å². The minimum atomic E-state index is -0.206. The number of benzene rings is 2. The van der Waals surface area contributed by atoms with E-state index in [2.05, 4.69) is 74.2 Å². The fourth-order valence-corrected chi connectivity index (χ4v) is 6.93. The standard InChI is InChI=1S/C27H35NO2/c1-17-13-14-22(23(29)15-17)27(2,3)28-16-21-18-9-5-6-10-19(18)26(28)25(21)20-11-7-8-12-24(20)30-4/h5-12,17,21-23,25-26,29H,13-16H2,1-4H3/t17-,21+,22-,23-,25+,26-/m1/s1. The minimum absolute atomic E-state index is 0.0488. The number of methoxy groups -OCH3 is 1. The molecule has 1 saturated carbocycles. The molecule has 0 spiro atoms. The molecule has 30 heavy (non-hydrogen) atoms. The van der Waals surface area contributed by atoms with Crippen molar-refractivity contribution in [3.63, 3.8) is 0 Å². The zero-order chi connectivity index (χ0) is 21.0. The molecule has 6 atom stereocenters. The first-order valence-electron chi connectivity index (χ1n) is 11.6. The van der Waals surface area contributed by atoms with E-state index in [1.54, 1.807) is 7.11 Å². The molecule has 0 unspecified atom stereocenters. The van der Waals surface area contributed by atoms with Crippen LogP contribution in [0.2, 0.25) is 0 Å². The summed E-state index contributed by atoms with van der Waals surface area (Å²) in [5, 5.41) is 11.0. The van der Waals surface area contributed by atoms with Gasteiger partial charge in [0.1, 0.15) is 5.75 Å². The van der Waals surface area contributed by atoms with E-state index in [9.17, 15) is 5.11 Å². The van der Waals surface area contributed by atoms with Gasteiger partial charge in [-0.2, -0.15) is 0 Å². The third-order valence-corrected chi connectivity index (χ3v) is 8.44. The first-order chi connectivity index (χ1) is 14.4. The van der Waals surface area contributed by atoms with Gasteiger partial charge in [0.25, 0.3) is 0 Å². The van der Waals surface area contributed by atoms with Crippen molar-refractivity contribution in [2.24, 2.45) is 11.8 Å². The van der Waals surface area contributed by atoms with E-state index >= 15 is 0 Å². The molecule has 3 nitrogen and oxygen atoms in total. The lowest BCUT2D eigenvalue weighted by Gasteiger charge is -2.50. The second-order valence-corrected chi connectivity index (χ2v) is 10.3. The summed E-state index contributed by atoms with van der Waals surface area (Å²) in [6.45, 7) is 8.08. The number of nitrogens with zero attached hydrogens (tertiary/aromatic N) is 1. The van der Waals surface area contributed by atoms with E-state index in [1.807, 2.05) is 0 Å². The second kappa shape index (κ2) is 7.39. The first kappa shape index (κ1) is 20.1. The number of aliphatic hydroxyl groups is 1. The molecule has 2 fully saturated rings. The van der Waals surface area contributed by atoms with Crippen molar-refractivity contribution in [1.29, 1.82) is 0 Å². The number of hydrogen-bond donors (Lipinski definition) is 1. The average molecular weight is 406 g/mol. The van der Waals surface area contributed by atoms with E-state index in [0.717, 1.165) is 25.1 Å². The van der Waals surface area contributed by atoms with Crippen molar-refractivity contribution in [3.05, 3.63) is 65.2 Å². The Hall–Kier alpha value is -1.84. The average Bonchev–Trinajstić information content (AvgIpc) is 3.28. The Labute approximate surface area is 181 Å². The van der Waals surface area contributed by atoms with Gasteiger partial charge in [0.05, 0.1) is 13.2 Å². The molecule has 2 aliphatic carbocycles. The second-order valence-electron chi connectivity index (χ2n) is 10.3. The van der Waals surface area contributed by atoms with Crippen molar-refractivity contribution in [2.45, 2.75) is 69.6 Å². The summed E-state index contributed by atoms with van der Waals surface area (Å²) in [4.78, 5) is 2.72. The van der Waals surface area contributed by atoms with Crippen LogP contribution in [0.1, 0.15) is 74.6 Å². The Morgan fingerprint density at radius 3 is 2.33 bits per heavy atom. The van der Waals surface area contributed by atoms with Crippen LogP contribution in [0.5, 0.6) is 5.75 Å². The quantitative estimate of drug-likeness (QED) is 0.728. The number of aliphatic hydroxyl groups excluding tert-OH is 1. The fourth-order valence-electron chi connectivity index (χ4n) is 6.93. The number of hydrogen-bond acceptors (Lipinski definition) is 3. The van der Waals surface area contributed by atoms with Crippen LogP contribution in [-0.2, 0) is 0 Å². The maximum absolute atomic E-state index is 11.0. The van der Waals surface area contributed by atoms with Gasteiger partial charge in [-0.05, 0) is 55.4 Å². The molecule has 5 rings (SSSR count). The smallest absolute Gasteiger partial charge is 0.122 e. The van der Waals surface area contributed by atoms with Crippen LogP contribution in [0.15, 0.2) is 48.5 Å². The Kier molecular flexibility index (Phi) is 4.95. The fraction of sp³-hybridized carbons (Fsp3) is 0.556. The summed E-state index contributed by atoms with van der Waals surface area (Å²) < 4.78 is 5.79. The normalized spacial score (nSPS) is 33.5. The summed E-state index contributed by atoms with van der Waals surface area (Å²) in [6.07, 6.45) is 3.06. The van der Waals surface area contributed by atoms with E-state index in [-0.39, 0.29) is 11.6 Å². The number of likely N-dealkylation sites (tertiary alicyclic amines) is 1. The summed E-state index contributed by atoms with van der Waals surface area (Å²) >= 11 is 0. The monoisotopic (exact) mass is 405 g/mol. The van der Waals surface area contributed by atoms with Gasteiger partial charge in [-0.15, -0.1) is 0 Å². The molecule has 0 amide bonds. The molecule has 3 heteroatoms. The van der Waals surface area contributed by atoms with Crippen molar-refractivity contribution in [2.75, 3.05) is 13.7 Å². The highest BCUT2D eigenvalue weighted by atomic mass is 16.5. The number of rotatable bonds is 4. The molecule has 160 valence electrons. The topological polar surface area (TPSA) is 32.7 Å².